The summed E-state index contributed by atoms with van der Waals surface area (Å²) in [5, 5.41) is 1.69. The molecule has 5 aromatic rings. The van der Waals surface area contributed by atoms with Gasteiger partial charge in [-0.1, -0.05) is 42.5 Å². The average molecular weight is 384 g/mol. The number of halogens is 2. The first-order valence-corrected chi connectivity index (χ1v) is 9.09. The van der Waals surface area contributed by atoms with Crippen molar-refractivity contribution in [3.05, 3.63) is 102 Å². The molecule has 3 aromatic carbocycles. The number of carbonyl (C=O) groups excluding carboxylic acids is 1. The molecule has 0 aliphatic carbocycles. The molecule has 0 amide bonds. The van der Waals surface area contributed by atoms with Crippen LogP contribution in [0.1, 0.15) is 10.4 Å². The Morgan fingerprint density at radius 2 is 1.38 bits per heavy atom. The lowest BCUT2D eigenvalue weighted by Gasteiger charge is -2.11. The van der Waals surface area contributed by atoms with Gasteiger partial charge in [-0.05, 0) is 36.4 Å². The average Bonchev–Trinajstić information content (AvgIpc) is 3.09. The first kappa shape index (κ1) is 17.3. The lowest BCUT2D eigenvalue weighted by Crippen LogP contribution is -2.16. The van der Waals surface area contributed by atoms with Gasteiger partial charge in [0.2, 0.25) is 0 Å². The highest BCUT2D eigenvalue weighted by Crippen LogP contribution is 2.32. The molecule has 0 bridgehead atoms. The summed E-state index contributed by atoms with van der Waals surface area (Å²) in [6, 6.07) is 22.1. The van der Waals surface area contributed by atoms with Gasteiger partial charge in [0, 0.05) is 22.5 Å². The summed E-state index contributed by atoms with van der Waals surface area (Å²) < 4.78 is 31.4. The van der Waals surface area contributed by atoms with Crippen LogP contribution in [-0.4, -0.2) is 15.5 Å². The number of carbonyl (C=O) groups is 1. The Labute approximate surface area is 164 Å². The predicted octanol–water partition coefficient (Wildman–Crippen LogP) is 5.82. The first-order valence-electron chi connectivity index (χ1n) is 9.09. The molecule has 2 heterocycles. The van der Waals surface area contributed by atoms with Gasteiger partial charge in [0.05, 0.1) is 16.7 Å². The molecular weight excluding hydrogens is 370 g/mol. The van der Waals surface area contributed by atoms with E-state index in [-0.39, 0.29) is 5.56 Å². The van der Waals surface area contributed by atoms with Crippen LogP contribution in [0.2, 0.25) is 0 Å². The normalized spacial score (nSPS) is 11.2. The van der Waals surface area contributed by atoms with Gasteiger partial charge >= 0.3 is 0 Å². The van der Waals surface area contributed by atoms with Crippen LogP contribution in [0.5, 0.6) is 0 Å². The van der Waals surface area contributed by atoms with Crippen LogP contribution in [0, 0.1) is 11.6 Å². The summed E-state index contributed by atoms with van der Waals surface area (Å²) in [6.07, 6.45) is 1.52. The molecule has 0 saturated carbocycles. The number of pyridine rings is 1. The number of hydrogen-bond acceptors (Lipinski definition) is 2. The molecule has 0 N–H and O–H groups in total. The van der Waals surface area contributed by atoms with E-state index < -0.39 is 23.1 Å². The van der Waals surface area contributed by atoms with Crippen molar-refractivity contribution in [2.24, 2.45) is 0 Å². The maximum absolute atomic E-state index is 15.3. The van der Waals surface area contributed by atoms with Crippen molar-refractivity contribution in [3.8, 4) is 11.3 Å². The second-order valence-electron chi connectivity index (χ2n) is 6.67. The standard InChI is InChI=1S/C24H14F2N2O/c25-18-13-12-17(19-9-5-6-14-27-19)23(26)22(18)24(29)28-20-10-3-1-7-15(20)16-8-2-4-11-21(16)28/h1-14H. The largest absolute Gasteiger partial charge is 0.276 e. The molecule has 140 valence electrons. The van der Waals surface area contributed by atoms with E-state index >= 15 is 4.39 Å². The Bertz CT molecular complexity index is 1340. The van der Waals surface area contributed by atoms with Crippen LogP contribution in [0.3, 0.4) is 0 Å². The van der Waals surface area contributed by atoms with Gasteiger partial charge in [0.25, 0.3) is 5.91 Å². The van der Waals surface area contributed by atoms with Gasteiger partial charge in [-0.3, -0.25) is 14.3 Å². The fraction of sp³-hybridized carbons (Fsp3) is 0. The number of benzene rings is 3. The zero-order chi connectivity index (χ0) is 20.0. The number of rotatable bonds is 2. The number of para-hydroxylation sites is 2. The van der Waals surface area contributed by atoms with E-state index in [2.05, 4.69) is 4.98 Å². The number of nitrogens with zero attached hydrogens (tertiary/aromatic N) is 2. The van der Waals surface area contributed by atoms with Crippen LogP contribution in [0.25, 0.3) is 33.1 Å². The maximum Gasteiger partial charge on any atom is 0.268 e. The molecule has 0 unspecified atom stereocenters. The Hall–Kier alpha value is -3.86. The lowest BCUT2D eigenvalue weighted by molar-refractivity contribution is 0.0961. The molecule has 0 aliphatic heterocycles. The van der Waals surface area contributed by atoms with Crippen molar-refractivity contribution in [1.82, 2.24) is 9.55 Å². The Morgan fingerprint density at radius 1 is 0.759 bits per heavy atom. The molecule has 0 radical (unpaired) electrons. The van der Waals surface area contributed by atoms with Crippen molar-refractivity contribution in [3.63, 3.8) is 0 Å². The minimum atomic E-state index is -0.921. The van der Waals surface area contributed by atoms with E-state index in [0.29, 0.717) is 16.7 Å². The number of fused-ring (bicyclic) bond motifs is 3. The molecule has 5 rings (SSSR count). The topological polar surface area (TPSA) is 34.9 Å². The third kappa shape index (κ3) is 2.63. The molecule has 29 heavy (non-hydrogen) atoms. The highest BCUT2D eigenvalue weighted by Gasteiger charge is 2.25. The summed E-state index contributed by atoms with van der Waals surface area (Å²) >= 11 is 0. The lowest BCUT2D eigenvalue weighted by atomic mass is 10.0. The van der Waals surface area contributed by atoms with Crippen molar-refractivity contribution in [2.75, 3.05) is 0 Å². The van der Waals surface area contributed by atoms with Gasteiger partial charge in [-0.15, -0.1) is 0 Å². The van der Waals surface area contributed by atoms with Crippen molar-refractivity contribution in [1.29, 1.82) is 0 Å². The van der Waals surface area contributed by atoms with Gasteiger partial charge in [0.15, 0.2) is 0 Å². The monoisotopic (exact) mass is 384 g/mol. The second-order valence-corrected chi connectivity index (χ2v) is 6.67. The van der Waals surface area contributed by atoms with E-state index in [4.69, 9.17) is 0 Å². The second kappa shape index (κ2) is 6.63. The molecule has 0 spiro atoms. The van der Waals surface area contributed by atoms with Gasteiger partial charge in [-0.2, -0.15) is 0 Å². The van der Waals surface area contributed by atoms with Crippen LogP contribution in [-0.2, 0) is 0 Å². The molecule has 0 saturated heterocycles. The predicted molar refractivity (Wildman–Crippen MR) is 109 cm³/mol. The minimum absolute atomic E-state index is 0.0797. The Morgan fingerprint density at radius 3 is 2.00 bits per heavy atom. The first-order chi connectivity index (χ1) is 14.2. The third-order valence-corrected chi connectivity index (χ3v) is 5.03. The molecule has 5 heteroatoms. The van der Waals surface area contributed by atoms with Crippen molar-refractivity contribution >= 4 is 27.7 Å². The summed E-state index contributed by atoms with van der Waals surface area (Å²) in [4.78, 5) is 17.5. The highest BCUT2D eigenvalue weighted by atomic mass is 19.1. The highest BCUT2D eigenvalue weighted by molar-refractivity contribution is 6.16. The zero-order valence-corrected chi connectivity index (χ0v) is 15.1. The van der Waals surface area contributed by atoms with E-state index in [1.165, 1.54) is 16.8 Å². The molecule has 0 atom stereocenters. The molecule has 0 aliphatic rings. The number of hydrogen-bond donors (Lipinski definition) is 0. The summed E-state index contributed by atoms with van der Waals surface area (Å²) in [7, 11) is 0. The van der Waals surface area contributed by atoms with Crippen LogP contribution in [0.15, 0.2) is 85.1 Å². The van der Waals surface area contributed by atoms with Crippen molar-refractivity contribution < 1.29 is 13.6 Å². The smallest absolute Gasteiger partial charge is 0.268 e. The summed E-state index contributed by atoms with van der Waals surface area (Å²) in [6.45, 7) is 0. The zero-order valence-electron chi connectivity index (χ0n) is 15.1. The summed E-state index contributed by atoms with van der Waals surface area (Å²) in [5.41, 5.74) is 1.01. The van der Waals surface area contributed by atoms with Gasteiger partial charge in [0.1, 0.15) is 17.2 Å². The van der Waals surface area contributed by atoms with Crippen LogP contribution >= 0.6 is 0 Å². The third-order valence-electron chi connectivity index (χ3n) is 5.03. The SMILES string of the molecule is O=C(c1c(F)ccc(-c2ccccn2)c1F)n1c2ccccc2c2ccccc21. The number of aromatic nitrogens is 2. The maximum atomic E-state index is 15.3. The fourth-order valence-corrected chi connectivity index (χ4v) is 3.72. The van der Waals surface area contributed by atoms with Gasteiger partial charge in [-0.25, -0.2) is 8.78 Å². The Balaban J connectivity index is 1.79. The molecule has 0 fully saturated rings. The Kier molecular flexibility index (Phi) is 3.95. The summed E-state index contributed by atoms with van der Waals surface area (Å²) in [5.74, 6) is -2.58. The van der Waals surface area contributed by atoms with Crippen molar-refractivity contribution in [2.45, 2.75) is 0 Å². The van der Waals surface area contributed by atoms with E-state index in [1.54, 1.807) is 42.5 Å². The van der Waals surface area contributed by atoms with Crippen LogP contribution < -0.4 is 0 Å². The van der Waals surface area contributed by atoms with Gasteiger partial charge < -0.3 is 0 Å². The quantitative estimate of drug-likeness (QED) is 0.384. The van der Waals surface area contributed by atoms with Crippen LogP contribution in [0.4, 0.5) is 8.78 Å². The van der Waals surface area contributed by atoms with E-state index in [1.807, 2.05) is 24.3 Å². The molecule has 2 aromatic heterocycles. The minimum Gasteiger partial charge on any atom is -0.276 e. The van der Waals surface area contributed by atoms with E-state index in [0.717, 1.165) is 16.8 Å². The molecule has 3 nitrogen and oxygen atoms in total. The molecular formula is C24H14F2N2O. The van der Waals surface area contributed by atoms with E-state index in [9.17, 15) is 9.18 Å². The fourth-order valence-electron chi connectivity index (χ4n) is 3.72.